The molecule has 0 saturated carbocycles. The molecule has 0 N–H and O–H groups in total. The number of nitrogens with zero attached hydrogens (tertiary/aromatic N) is 2. The highest BCUT2D eigenvalue weighted by molar-refractivity contribution is 6.39. The Hall–Kier alpha value is -4.33. The molecule has 7 nitrogen and oxygen atoms in total. The largest absolute Gasteiger partial charge is 0.482 e. The molecule has 0 aliphatic carbocycles. The molecule has 2 atom stereocenters. The number of hydrogen-bond donors (Lipinski definition) is 0. The molecule has 0 spiro atoms. The van der Waals surface area contributed by atoms with Gasteiger partial charge < -0.3 is 24.1 Å². The van der Waals surface area contributed by atoms with Gasteiger partial charge in [0.15, 0.2) is 13.2 Å². The molecule has 2 aliphatic rings. The highest BCUT2D eigenvalue weighted by Gasteiger charge is 2.29. The summed E-state index contributed by atoms with van der Waals surface area (Å²) in [5.74, 6) is 1.83. The number of ether oxygens (including phenoxy) is 2. The van der Waals surface area contributed by atoms with Crippen molar-refractivity contribution in [2.75, 3.05) is 36.1 Å². The second-order valence-corrected chi connectivity index (χ2v) is 14.6. The smallest absolute Gasteiger partial charge is 0.265 e. The minimum Gasteiger partial charge on any atom is -0.482 e. The predicted molar refractivity (Wildman–Crippen MR) is 206 cm³/mol. The number of anilines is 2. The van der Waals surface area contributed by atoms with Crippen molar-refractivity contribution in [1.29, 1.82) is 0 Å². The lowest BCUT2D eigenvalue weighted by atomic mass is 9.95. The van der Waals surface area contributed by atoms with Gasteiger partial charge in [-0.3, -0.25) is 9.59 Å². The van der Waals surface area contributed by atoms with Gasteiger partial charge in [0, 0.05) is 41.8 Å². The number of rotatable bonds is 13. The fourth-order valence-electron chi connectivity index (χ4n) is 6.88. The topological polar surface area (TPSA) is 76.2 Å². The first-order valence-corrected chi connectivity index (χ1v) is 18.5. The molecule has 51 heavy (non-hydrogen) atoms. The molecule has 2 amide bonds. The molecule has 0 unspecified atom stereocenters. The Labute approximate surface area is 310 Å². The molecule has 6 rings (SSSR count). The Kier molecular flexibility index (Phi) is 11.4. The number of ketones is 1. The Morgan fingerprint density at radius 3 is 1.61 bits per heavy atom. The third-order valence-electron chi connectivity index (χ3n) is 9.74. The number of fused-ring (bicyclic) bond motifs is 2. The zero-order chi connectivity index (χ0) is 36.2. The van der Waals surface area contributed by atoms with E-state index in [1.165, 1.54) is 0 Å². The summed E-state index contributed by atoms with van der Waals surface area (Å²) in [4.78, 5) is 40.8. The van der Waals surface area contributed by atoms with E-state index in [1.54, 1.807) is 11.8 Å². The third kappa shape index (κ3) is 7.95. The first kappa shape index (κ1) is 36.5. The maximum atomic E-state index is 12.9. The van der Waals surface area contributed by atoms with E-state index in [1.807, 2.05) is 77.7 Å². The van der Waals surface area contributed by atoms with Crippen LogP contribution in [0.1, 0.15) is 59.8 Å². The van der Waals surface area contributed by atoms with Crippen molar-refractivity contribution in [3.05, 3.63) is 82.8 Å². The Bertz CT molecular complexity index is 1960. The number of amides is 2. The highest BCUT2D eigenvalue weighted by Crippen LogP contribution is 2.45. The Balaban J connectivity index is 1.28. The molecule has 2 heterocycles. The van der Waals surface area contributed by atoms with Crippen molar-refractivity contribution in [3.8, 4) is 44.9 Å². The van der Waals surface area contributed by atoms with Crippen molar-refractivity contribution in [1.82, 2.24) is 0 Å². The molecule has 266 valence electrons. The van der Waals surface area contributed by atoms with Gasteiger partial charge in [-0.25, -0.2) is 0 Å². The Morgan fingerprint density at radius 2 is 1.16 bits per heavy atom. The van der Waals surface area contributed by atoms with Crippen LogP contribution in [-0.4, -0.2) is 43.9 Å². The highest BCUT2D eigenvalue weighted by atomic mass is 35.5. The van der Waals surface area contributed by atoms with E-state index < -0.39 is 0 Å². The lowest BCUT2D eigenvalue weighted by Gasteiger charge is -2.32. The number of halogens is 2. The summed E-state index contributed by atoms with van der Waals surface area (Å²) >= 11 is 14.3. The van der Waals surface area contributed by atoms with Crippen LogP contribution in [0, 0.1) is 11.8 Å². The minimum atomic E-state index is -0.104. The predicted octanol–water partition coefficient (Wildman–Crippen LogP) is 10.3. The molecule has 0 bridgehead atoms. The molecule has 4 aromatic rings. The summed E-state index contributed by atoms with van der Waals surface area (Å²) < 4.78 is 11.8. The Morgan fingerprint density at radius 1 is 0.706 bits per heavy atom. The zero-order valence-electron chi connectivity index (χ0n) is 29.6. The lowest BCUT2D eigenvalue weighted by molar-refractivity contribution is -0.122. The first-order chi connectivity index (χ1) is 24.5. The molecule has 0 fully saturated rings. The van der Waals surface area contributed by atoms with E-state index in [2.05, 4.69) is 20.8 Å². The van der Waals surface area contributed by atoms with Crippen molar-refractivity contribution < 1.29 is 23.9 Å². The number of benzene rings is 4. The van der Waals surface area contributed by atoms with E-state index in [9.17, 15) is 14.4 Å². The fourth-order valence-corrected chi connectivity index (χ4v) is 7.55. The maximum Gasteiger partial charge on any atom is 0.265 e. The van der Waals surface area contributed by atoms with Crippen molar-refractivity contribution in [2.45, 2.75) is 59.8 Å². The second-order valence-electron chi connectivity index (χ2n) is 13.9. The van der Waals surface area contributed by atoms with Crippen molar-refractivity contribution >= 4 is 52.2 Å². The van der Waals surface area contributed by atoms with Crippen LogP contribution in [0.15, 0.2) is 72.8 Å². The lowest BCUT2D eigenvalue weighted by Crippen LogP contribution is -2.41. The molecular weight excluding hydrogens is 683 g/mol. The molecule has 9 heteroatoms. The van der Waals surface area contributed by atoms with Gasteiger partial charge in [-0.1, -0.05) is 105 Å². The van der Waals surface area contributed by atoms with Crippen LogP contribution < -0.4 is 19.3 Å². The van der Waals surface area contributed by atoms with Gasteiger partial charge in [0.2, 0.25) is 0 Å². The molecule has 2 aliphatic heterocycles. The van der Waals surface area contributed by atoms with Crippen molar-refractivity contribution in [3.63, 3.8) is 0 Å². The van der Waals surface area contributed by atoms with Crippen LogP contribution in [0.25, 0.3) is 33.4 Å². The number of unbranched alkanes of at least 4 members (excludes halogenated alkanes) is 1. The quantitative estimate of drug-likeness (QED) is 0.137. The van der Waals surface area contributed by atoms with Gasteiger partial charge in [-0.15, -0.1) is 0 Å². The SMILES string of the molecule is CCCC[C@H](C)CN1C(=O)COc2cc(-c3cccc(-c4cccc(-c5ccc6c(c5)OCC(=O)N6C[C@@H](C)CCC(C)=O)c4Cl)c3Cl)ccc21. The summed E-state index contributed by atoms with van der Waals surface area (Å²) in [5.41, 5.74) is 6.41. The number of carbonyl (C=O) groups excluding carboxylic acids is 3. The molecule has 0 saturated heterocycles. The average molecular weight is 728 g/mol. The molecule has 0 aromatic heterocycles. The number of hydrogen-bond acceptors (Lipinski definition) is 5. The van der Waals surface area contributed by atoms with Gasteiger partial charge >= 0.3 is 0 Å². The number of Topliss-reactive ketones (excluding diaryl/α,β-unsaturated/α-hetero) is 1. The minimum absolute atomic E-state index is 0.00937. The summed E-state index contributed by atoms with van der Waals surface area (Å²) in [7, 11) is 0. The van der Waals surface area contributed by atoms with Gasteiger partial charge in [-0.05, 0) is 67.0 Å². The van der Waals surface area contributed by atoms with Crippen molar-refractivity contribution in [2.24, 2.45) is 11.8 Å². The number of carbonyl (C=O) groups is 3. The van der Waals surface area contributed by atoms with Crippen LogP contribution in [0.4, 0.5) is 11.4 Å². The van der Waals surface area contributed by atoms with Crippen LogP contribution in [0.3, 0.4) is 0 Å². The molecule has 4 aromatic carbocycles. The van der Waals surface area contributed by atoms with Crippen LogP contribution >= 0.6 is 23.2 Å². The summed E-state index contributed by atoms with van der Waals surface area (Å²) in [5, 5.41) is 1.09. The summed E-state index contributed by atoms with van der Waals surface area (Å²) in [6.07, 6.45) is 4.56. The van der Waals surface area contributed by atoms with Gasteiger partial charge in [-0.2, -0.15) is 0 Å². The van der Waals surface area contributed by atoms with Crippen LogP contribution in [-0.2, 0) is 14.4 Å². The standard InChI is InChI=1S/C42H44Cl2N2O5/c1-5-6-9-26(2)22-45-35-18-16-29(20-37(35)50-24-39(45)48)31-10-7-12-33(41(31)43)34-13-8-11-32(42(34)44)30-17-19-36-38(21-30)51-25-40(49)46(36)23-27(3)14-15-28(4)47/h7-8,10-13,16-21,26-27H,5-6,9,14-15,22-25H2,1-4H3/t26-,27-/m0/s1. The maximum absolute atomic E-state index is 12.9. The van der Waals surface area contributed by atoms with E-state index in [0.29, 0.717) is 52.7 Å². The van der Waals surface area contributed by atoms with E-state index in [-0.39, 0.29) is 36.7 Å². The fraction of sp³-hybridized carbons (Fsp3) is 0.357. The molecule has 0 radical (unpaired) electrons. The van der Waals surface area contributed by atoms with E-state index in [4.69, 9.17) is 32.7 Å². The summed E-state index contributed by atoms with van der Waals surface area (Å²) in [6.45, 7) is 9.15. The third-order valence-corrected chi connectivity index (χ3v) is 10.6. The van der Waals surface area contributed by atoms with Gasteiger partial charge in [0.25, 0.3) is 11.8 Å². The van der Waals surface area contributed by atoms with E-state index >= 15 is 0 Å². The summed E-state index contributed by atoms with van der Waals surface area (Å²) in [6, 6.07) is 23.4. The van der Waals surface area contributed by atoms with Gasteiger partial charge in [0.1, 0.15) is 17.3 Å². The normalized spacial score (nSPS) is 15.1. The average Bonchev–Trinajstić information content (AvgIpc) is 3.12. The molecular formula is C42H44Cl2N2O5. The first-order valence-electron chi connectivity index (χ1n) is 17.8. The van der Waals surface area contributed by atoms with E-state index in [0.717, 1.165) is 64.8 Å². The van der Waals surface area contributed by atoms with Crippen LogP contribution in [0.2, 0.25) is 10.0 Å². The second kappa shape index (κ2) is 15.9. The monoisotopic (exact) mass is 726 g/mol. The van der Waals surface area contributed by atoms with Gasteiger partial charge in [0.05, 0.1) is 21.4 Å². The zero-order valence-corrected chi connectivity index (χ0v) is 31.2. The van der Waals surface area contributed by atoms with Crippen LogP contribution in [0.5, 0.6) is 11.5 Å².